The molecule has 2 fully saturated rings. The Morgan fingerprint density at radius 1 is 0.944 bits per heavy atom. The number of hydrogen-bond acceptors (Lipinski definition) is 10. The van der Waals surface area contributed by atoms with Crippen LogP contribution >= 0.6 is 11.6 Å². The highest BCUT2D eigenvalue weighted by Gasteiger charge is 2.68. The number of nitrogens with two attached hydrogens (primary N) is 1. The zero-order chi connectivity index (χ0) is 52.3. The molecule has 27 heteroatoms. The fraction of sp³-hybridized carbons (Fsp3) is 0.432. The van der Waals surface area contributed by atoms with Gasteiger partial charge in [-0.2, -0.15) is 49.6 Å². The van der Waals surface area contributed by atoms with E-state index >= 15 is 8.78 Å². The highest BCUT2D eigenvalue weighted by molar-refractivity contribution is 7.93. The highest BCUT2D eigenvalue weighted by atomic mass is 35.5. The molecule has 3 aromatic heterocycles. The molecule has 2 aromatic carbocycles. The van der Waals surface area contributed by atoms with Crippen LogP contribution in [0.5, 0.6) is 0 Å². The van der Waals surface area contributed by atoms with E-state index in [1.54, 1.807) is 0 Å². The number of nitrogens with zero attached hydrogens (tertiary/aromatic N) is 6. The fourth-order valence-corrected chi connectivity index (χ4v) is 10.2. The lowest BCUT2D eigenvalue weighted by Crippen LogP contribution is -2.48. The number of benzene rings is 2. The summed E-state index contributed by atoms with van der Waals surface area (Å²) in [6, 6.07) is 4.46. The van der Waals surface area contributed by atoms with Gasteiger partial charge in [-0.3, -0.25) is 19.0 Å². The summed E-state index contributed by atoms with van der Waals surface area (Å²) < 4.78 is 198. The lowest BCUT2D eigenvalue weighted by Gasteiger charge is -2.34. The zero-order valence-corrected chi connectivity index (χ0v) is 39.7. The summed E-state index contributed by atoms with van der Waals surface area (Å²) in [4.78, 5) is 32.5. The molecular weight excluding hydrogens is 1030 g/mol. The Hall–Kier alpha value is -5.78. The van der Waals surface area contributed by atoms with Gasteiger partial charge in [0.05, 0.1) is 33.9 Å². The fourth-order valence-electron chi connectivity index (χ4n) is 8.85. The highest BCUT2D eigenvalue weighted by Crippen LogP contribution is 2.68. The van der Waals surface area contributed by atoms with Gasteiger partial charge < -0.3 is 11.1 Å². The van der Waals surface area contributed by atoms with Gasteiger partial charge in [0.15, 0.2) is 21.3 Å². The lowest BCUT2D eigenvalue weighted by molar-refractivity contribution is -0.143. The minimum absolute atomic E-state index is 0.0226. The minimum atomic E-state index is -5.21. The number of rotatable bonds is 12. The number of anilines is 1. The van der Waals surface area contributed by atoms with Crippen LogP contribution in [0.3, 0.4) is 0 Å². The summed E-state index contributed by atoms with van der Waals surface area (Å²) in [6.07, 6.45) is -9.73. The normalized spacial score (nSPS) is 20.1. The molecule has 0 bridgehead atoms. The molecule has 0 spiro atoms. The van der Waals surface area contributed by atoms with Gasteiger partial charge in [-0.1, -0.05) is 23.6 Å². The Kier molecular flexibility index (Phi) is 12.7. The van der Waals surface area contributed by atoms with E-state index in [4.69, 9.17) is 17.3 Å². The van der Waals surface area contributed by atoms with Crippen LogP contribution in [0.1, 0.15) is 79.0 Å². The molecule has 3 N–H and O–H groups in total. The van der Waals surface area contributed by atoms with Gasteiger partial charge in [0, 0.05) is 46.9 Å². The van der Waals surface area contributed by atoms with Crippen LogP contribution in [0.2, 0.25) is 5.02 Å². The standard InChI is InChI=1S/C44H39ClF10N8O6S2/c1-41(2,70(3,66)67)10-9-25-5-6-26(27-7-8-30(45)34-36(27)62(19-42(48,49)50)60-39(34)63(71(4,68)69)40(65)21-14-24(56)15-21)35(57-25)31(13-20-11-22(46)16-23(47)12-20)58-32(64)18-61-38-33(37(59-61)44(53,54)55)28-17-29(28)43(38,51)52/h5-8,11-12,16,21,24,28-29,31H,13-15,17-19,56H2,1-4H3,(H,58,64)/t21-,24-,28-,29+,31?/m0/s1. The maximum atomic E-state index is 15.6. The molecule has 0 aliphatic heterocycles. The third-order valence-electron chi connectivity index (χ3n) is 12.6. The topological polar surface area (TPSA) is 192 Å². The number of amides is 2. The van der Waals surface area contributed by atoms with Crippen LogP contribution in [0.25, 0.3) is 22.0 Å². The van der Waals surface area contributed by atoms with Crippen molar-refractivity contribution in [3.05, 3.63) is 93.0 Å². The van der Waals surface area contributed by atoms with Gasteiger partial charge in [0.25, 0.3) is 5.92 Å². The van der Waals surface area contributed by atoms with Crippen molar-refractivity contribution in [2.24, 2.45) is 17.6 Å². The number of pyridine rings is 1. The summed E-state index contributed by atoms with van der Waals surface area (Å²) in [5.74, 6) is -7.88. The first-order valence-corrected chi connectivity index (χ1v) is 25.4. The zero-order valence-electron chi connectivity index (χ0n) is 37.4. The van der Waals surface area contributed by atoms with Crippen molar-refractivity contribution < 1.29 is 70.3 Å². The SMILES string of the molecule is CC(C)(C#Cc1ccc(-c2ccc(Cl)c3c(N(C(=O)[C@H]4C[C@H](N)C4)S(C)(=O)=O)nn(CC(F)(F)F)c23)c(C(Cc2cc(F)cc(F)c2)NC(=O)Cn2nc(C(F)(F)F)c3c2C(F)(F)[C@@H]2C[C@H]32)n1)S(C)(=O)=O. The number of fused-ring (bicyclic) bond motifs is 4. The Balaban J connectivity index is 1.36. The molecule has 1 unspecified atom stereocenters. The number of halogens is 11. The number of nitrogens with one attached hydrogen (secondary N) is 1. The Bertz CT molecular complexity index is 3320. The van der Waals surface area contributed by atoms with Crippen LogP contribution in [0.4, 0.5) is 49.7 Å². The van der Waals surface area contributed by atoms with Gasteiger partial charge >= 0.3 is 12.4 Å². The van der Waals surface area contributed by atoms with Crippen LogP contribution < -0.4 is 15.4 Å². The maximum Gasteiger partial charge on any atom is 0.435 e. The Morgan fingerprint density at radius 3 is 2.15 bits per heavy atom. The second-order valence-corrected chi connectivity index (χ2v) is 23.1. The van der Waals surface area contributed by atoms with E-state index in [-0.39, 0.29) is 50.6 Å². The van der Waals surface area contributed by atoms with Crippen molar-refractivity contribution in [3.8, 4) is 23.0 Å². The van der Waals surface area contributed by atoms with Crippen molar-refractivity contribution in [1.29, 1.82) is 0 Å². The molecule has 2 saturated carbocycles. The number of sulfone groups is 1. The second kappa shape index (κ2) is 17.5. The molecule has 5 aromatic rings. The van der Waals surface area contributed by atoms with E-state index in [1.165, 1.54) is 26.0 Å². The molecule has 380 valence electrons. The van der Waals surface area contributed by atoms with E-state index in [1.807, 2.05) is 0 Å². The molecule has 0 saturated heterocycles. The summed E-state index contributed by atoms with van der Waals surface area (Å²) in [6.45, 7) is -0.730. The van der Waals surface area contributed by atoms with Crippen LogP contribution in [0.15, 0.2) is 42.5 Å². The number of alkyl halides is 8. The molecule has 14 nitrogen and oxygen atoms in total. The Morgan fingerprint density at radius 2 is 1.58 bits per heavy atom. The van der Waals surface area contributed by atoms with Crippen molar-refractivity contribution in [2.75, 3.05) is 16.8 Å². The monoisotopic (exact) mass is 1060 g/mol. The number of hydrogen-bond donors (Lipinski definition) is 2. The van der Waals surface area contributed by atoms with Crippen molar-refractivity contribution in [2.45, 2.75) is 93.6 Å². The van der Waals surface area contributed by atoms with Gasteiger partial charge in [0.2, 0.25) is 21.8 Å². The van der Waals surface area contributed by atoms with Gasteiger partial charge in [0.1, 0.15) is 40.9 Å². The molecule has 3 atom stereocenters. The molecule has 71 heavy (non-hydrogen) atoms. The maximum absolute atomic E-state index is 15.6. The van der Waals surface area contributed by atoms with Crippen LogP contribution in [0, 0.1) is 35.3 Å². The molecule has 8 rings (SSSR count). The van der Waals surface area contributed by atoms with Crippen molar-refractivity contribution in [3.63, 3.8) is 0 Å². The largest absolute Gasteiger partial charge is 0.435 e. The lowest BCUT2D eigenvalue weighted by atomic mass is 9.80. The molecule has 2 amide bonds. The van der Waals surface area contributed by atoms with Gasteiger partial charge in [-0.15, -0.1) is 0 Å². The Labute approximate surface area is 402 Å². The summed E-state index contributed by atoms with van der Waals surface area (Å²) in [5.41, 5.74) is 0.187. The average Bonchev–Trinajstić information content (AvgIpc) is 3.73. The smallest absolute Gasteiger partial charge is 0.346 e. The quantitative estimate of drug-likeness (QED) is 0.0946. The van der Waals surface area contributed by atoms with E-state index in [0.717, 1.165) is 30.5 Å². The van der Waals surface area contributed by atoms with E-state index in [9.17, 15) is 61.5 Å². The molecule has 3 aliphatic carbocycles. The predicted octanol–water partition coefficient (Wildman–Crippen LogP) is 7.32. The number of carbonyl (C=O) groups excluding carboxylic acids is 2. The summed E-state index contributed by atoms with van der Waals surface area (Å²) >= 11 is 6.66. The second-order valence-electron chi connectivity index (χ2n) is 18.3. The first-order chi connectivity index (χ1) is 32.7. The van der Waals surface area contributed by atoms with Gasteiger partial charge in [-0.25, -0.2) is 30.6 Å². The number of sulfonamides is 1. The first-order valence-electron chi connectivity index (χ1n) is 21.3. The predicted molar refractivity (Wildman–Crippen MR) is 236 cm³/mol. The van der Waals surface area contributed by atoms with Crippen LogP contribution in [-0.4, -0.2) is 82.7 Å². The third kappa shape index (κ3) is 9.93. The van der Waals surface area contributed by atoms with Crippen molar-refractivity contribution >= 4 is 60.0 Å². The summed E-state index contributed by atoms with van der Waals surface area (Å²) in [5, 5.41) is 8.88. The van der Waals surface area contributed by atoms with E-state index in [2.05, 4.69) is 32.3 Å². The van der Waals surface area contributed by atoms with E-state index in [0.29, 0.717) is 17.0 Å². The minimum Gasteiger partial charge on any atom is -0.346 e. The first kappa shape index (κ1) is 51.6. The number of carbonyl (C=O) groups is 2. The molecule has 3 aliphatic rings. The van der Waals surface area contributed by atoms with Crippen LogP contribution in [-0.2, 0) is 61.1 Å². The molecule has 0 radical (unpaired) electrons. The molecule has 3 heterocycles. The number of aromatic nitrogens is 5. The van der Waals surface area contributed by atoms with E-state index < -0.39 is 160 Å². The molecular formula is C44H39ClF10N8O6S2. The third-order valence-corrected chi connectivity index (χ3v) is 15.8. The van der Waals surface area contributed by atoms with Crippen molar-refractivity contribution in [1.82, 2.24) is 29.9 Å². The van der Waals surface area contributed by atoms with Gasteiger partial charge in [-0.05, 0) is 87.3 Å². The average molecular weight is 1070 g/mol. The summed E-state index contributed by atoms with van der Waals surface area (Å²) in [7, 11) is -8.59.